The Kier molecular flexibility index (Phi) is 5.23. The number of anilines is 1. The number of carbonyl (C=O) groups is 2. The second kappa shape index (κ2) is 7.15. The van der Waals surface area contributed by atoms with Crippen molar-refractivity contribution in [3.8, 4) is 5.75 Å². The average Bonchev–Trinajstić information content (AvgIpc) is 2.89. The van der Waals surface area contributed by atoms with Crippen molar-refractivity contribution in [2.24, 2.45) is 0 Å². The number of nitrogens with zero attached hydrogens (tertiary/aromatic N) is 1. The molecule has 1 heterocycles. The monoisotopic (exact) mass is 319 g/mol. The molecule has 0 radical (unpaired) electrons. The van der Waals surface area contributed by atoms with Gasteiger partial charge in [0, 0.05) is 24.4 Å². The van der Waals surface area contributed by atoms with Gasteiger partial charge in [-0.25, -0.2) is 4.79 Å². The zero-order valence-electron chi connectivity index (χ0n) is 13.7. The van der Waals surface area contributed by atoms with Crippen molar-refractivity contribution < 1.29 is 19.1 Å². The molecule has 0 spiro atoms. The third kappa shape index (κ3) is 3.81. The fourth-order valence-electron chi connectivity index (χ4n) is 2.22. The van der Waals surface area contributed by atoms with Crippen LogP contribution in [0.2, 0.25) is 0 Å². The molecule has 1 aromatic carbocycles. The Balaban J connectivity index is 2.38. The van der Waals surface area contributed by atoms with E-state index in [-0.39, 0.29) is 11.6 Å². The molecule has 7 heteroatoms. The summed E-state index contributed by atoms with van der Waals surface area (Å²) < 4.78 is 9.96. The summed E-state index contributed by atoms with van der Waals surface area (Å²) >= 11 is 0. The quantitative estimate of drug-likeness (QED) is 0.794. The predicted molar refractivity (Wildman–Crippen MR) is 88.0 cm³/mol. The largest absolute Gasteiger partial charge is 0.497 e. The van der Waals surface area contributed by atoms with Crippen LogP contribution in [0.15, 0.2) is 18.2 Å². The van der Waals surface area contributed by atoms with Crippen LogP contribution >= 0.6 is 0 Å². The third-order valence-electron chi connectivity index (χ3n) is 3.45. The van der Waals surface area contributed by atoms with Gasteiger partial charge < -0.3 is 24.7 Å². The number of carbonyl (C=O) groups excluding carboxylic acids is 2. The first kappa shape index (κ1) is 16.8. The molecule has 1 amide bonds. The Labute approximate surface area is 134 Å². The smallest absolute Gasteiger partial charge is 0.356 e. The number of ether oxygens (including phenoxy) is 2. The normalized spacial score (nSPS) is 10.8. The molecule has 0 unspecified atom stereocenters. The van der Waals surface area contributed by atoms with E-state index in [9.17, 15) is 9.59 Å². The highest BCUT2D eigenvalue weighted by Gasteiger charge is 2.20. The summed E-state index contributed by atoms with van der Waals surface area (Å²) in [5.74, 6) is -0.0516. The lowest BCUT2D eigenvalue weighted by atomic mass is 10.2. The van der Waals surface area contributed by atoms with Gasteiger partial charge in [-0.1, -0.05) is 0 Å². The van der Waals surface area contributed by atoms with Gasteiger partial charge in [-0.05, 0) is 26.2 Å². The number of aromatic amines is 1. The molecule has 0 saturated carbocycles. The van der Waals surface area contributed by atoms with Crippen LogP contribution in [0, 0.1) is 0 Å². The fraction of sp³-hybridized carbons (Fsp3) is 0.375. The standard InChI is InChI=1S/C16H21N3O4/c1-19(2)8-7-13(20)18-14-11-6-5-10(22-3)9-12(11)17-15(14)16(21)23-4/h5-6,9,17H,7-8H2,1-4H3,(H,18,20). The van der Waals surface area contributed by atoms with E-state index in [0.29, 0.717) is 29.9 Å². The first-order chi connectivity index (χ1) is 11.0. The highest BCUT2D eigenvalue weighted by Crippen LogP contribution is 2.31. The molecule has 2 aromatic rings. The molecule has 0 aliphatic heterocycles. The van der Waals surface area contributed by atoms with E-state index in [1.165, 1.54) is 7.11 Å². The molecule has 2 N–H and O–H groups in total. The molecular weight excluding hydrogens is 298 g/mol. The van der Waals surface area contributed by atoms with E-state index >= 15 is 0 Å². The lowest BCUT2D eigenvalue weighted by Gasteiger charge is -2.10. The van der Waals surface area contributed by atoms with E-state index in [1.807, 2.05) is 19.0 Å². The van der Waals surface area contributed by atoms with Crippen molar-refractivity contribution >= 4 is 28.5 Å². The number of hydrogen-bond acceptors (Lipinski definition) is 5. The molecule has 0 bridgehead atoms. The summed E-state index contributed by atoms with van der Waals surface area (Å²) in [7, 11) is 6.65. The zero-order valence-corrected chi connectivity index (χ0v) is 13.7. The van der Waals surface area contributed by atoms with Crippen LogP contribution in [0.4, 0.5) is 5.69 Å². The van der Waals surface area contributed by atoms with Crippen LogP contribution in [0.1, 0.15) is 16.9 Å². The highest BCUT2D eigenvalue weighted by molar-refractivity contribution is 6.11. The Morgan fingerprint density at radius 2 is 2.00 bits per heavy atom. The molecule has 0 fully saturated rings. The molecule has 0 aliphatic rings. The van der Waals surface area contributed by atoms with Crippen molar-refractivity contribution in [1.29, 1.82) is 0 Å². The van der Waals surface area contributed by atoms with Crippen LogP contribution < -0.4 is 10.1 Å². The minimum Gasteiger partial charge on any atom is -0.497 e. The molecular formula is C16H21N3O4. The van der Waals surface area contributed by atoms with Gasteiger partial charge in [-0.3, -0.25) is 4.79 Å². The van der Waals surface area contributed by atoms with Crippen molar-refractivity contribution in [3.63, 3.8) is 0 Å². The minimum absolute atomic E-state index is 0.166. The summed E-state index contributed by atoms with van der Waals surface area (Å²) in [5.41, 5.74) is 1.33. The van der Waals surface area contributed by atoms with Gasteiger partial charge in [-0.2, -0.15) is 0 Å². The van der Waals surface area contributed by atoms with E-state index in [4.69, 9.17) is 9.47 Å². The number of methoxy groups -OCH3 is 2. The van der Waals surface area contributed by atoms with E-state index in [1.54, 1.807) is 25.3 Å². The molecule has 1 aromatic heterocycles. The van der Waals surface area contributed by atoms with Gasteiger partial charge in [0.15, 0.2) is 0 Å². The fourth-order valence-corrected chi connectivity index (χ4v) is 2.22. The summed E-state index contributed by atoms with van der Waals surface area (Å²) in [6.07, 6.45) is 0.330. The summed E-state index contributed by atoms with van der Waals surface area (Å²) in [4.78, 5) is 29.0. The maximum atomic E-state index is 12.1. The molecule has 0 atom stereocenters. The minimum atomic E-state index is -0.539. The van der Waals surface area contributed by atoms with E-state index in [0.717, 1.165) is 5.39 Å². The lowest BCUT2D eigenvalue weighted by Crippen LogP contribution is -2.21. The molecule has 7 nitrogen and oxygen atoms in total. The van der Waals surface area contributed by atoms with Gasteiger partial charge in [0.05, 0.1) is 25.4 Å². The van der Waals surface area contributed by atoms with Crippen LogP contribution in [-0.4, -0.2) is 56.6 Å². The van der Waals surface area contributed by atoms with E-state index < -0.39 is 5.97 Å². The van der Waals surface area contributed by atoms with Crippen LogP contribution in [0.25, 0.3) is 10.9 Å². The number of H-pyrrole nitrogens is 1. The topological polar surface area (TPSA) is 83.7 Å². The number of esters is 1. The number of fused-ring (bicyclic) bond motifs is 1. The molecule has 0 aliphatic carbocycles. The highest BCUT2D eigenvalue weighted by atomic mass is 16.5. The Morgan fingerprint density at radius 1 is 1.26 bits per heavy atom. The number of benzene rings is 1. The van der Waals surface area contributed by atoms with Gasteiger partial charge in [0.25, 0.3) is 0 Å². The maximum absolute atomic E-state index is 12.1. The van der Waals surface area contributed by atoms with Gasteiger partial charge in [-0.15, -0.1) is 0 Å². The molecule has 2 rings (SSSR count). The Morgan fingerprint density at radius 3 is 2.61 bits per heavy atom. The SMILES string of the molecule is COC(=O)c1[nH]c2cc(OC)ccc2c1NC(=O)CCN(C)C. The van der Waals surface area contributed by atoms with Crippen LogP contribution in [0.5, 0.6) is 5.75 Å². The van der Waals surface area contributed by atoms with Crippen molar-refractivity contribution in [3.05, 3.63) is 23.9 Å². The van der Waals surface area contributed by atoms with Crippen molar-refractivity contribution in [2.75, 3.05) is 40.2 Å². The Bertz CT molecular complexity index is 721. The number of nitrogens with one attached hydrogen (secondary N) is 2. The molecule has 23 heavy (non-hydrogen) atoms. The van der Waals surface area contributed by atoms with E-state index in [2.05, 4.69) is 10.3 Å². The zero-order chi connectivity index (χ0) is 17.0. The number of amides is 1. The van der Waals surface area contributed by atoms with Gasteiger partial charge >= 0.3 is 5.97 Å². The number of hydrogen-bond donors (Lipinski definition) is 2. The van der Waals surface area contributed by atoms with Crippen LogP contribution in [-0.2, 0) is 9.53 Å². The number of aromatic nitrogens is 1. The first-order valence-electron chi connectivity index (χ1n) is 7.19. The summed E-state index contributed by atoms with van der Waals surface area (Å²) in [6.45, 7) is 0.621. The summed E-state index contributed by atoms with van der Waals surface area (Å²) in [5, 5.41) is 3.53. The molecule has 0 saturated heterocycles. The predicted octanol–water partition coefficient (Wildman–Crippen LogP) is 1.85. The second-order valence-corrected chi connectivity index (χ2v) is 5.38. The number of rotatable bonds is 6. The second-order valence-electron chi connectivity index (χ2n) is 5.38. The van der Waals surface area contributed by atoms with Crippen molar-refractivity contribution in [2.45, 2.75) is 6.42 Å². The maximum Gasteiger partial charge on any atom is 0.356 e. The van der Waals surface area contributed by atoms with Crippen LogP contribution in [0.3, 0.4) is 0 Å². The van der Waals surface area contributed by atoms with Crippen molar-refractivity contribution in [1.82, 2.24) is 9.88 Å². The Hall–Kier alpha value is -2.54. The first-order valence-corrected chi connectivity index (χ1v) is 7.19. The average molecular weight is 319 g/mol. The lowest BCUT2D eigenvalue weighted by molar-refractivity contribution is -0.116. The summed E-state index contributed by atoms with van der Waals surface area (Å²) in [6, 6.07) is 5.32. The van der Waals surface area contributed by atoms with Gasteiger partial charge in [0.2, 0.25) is 5.91 Å². The molecule has 124 valence electrons. The third-order valence-corrected chi connectivity index (χ3v) is 3.45. The van der Waals surface area contributed by atoms with Gasteiger partial charge in [0.1, 0.15) is 11.4 Å².